The molecule has 0 unspecified atom stereocenters. The Morgan fingerprint density at radius 3 is 2.52 bits per heavy atom. The molecule has 0 spiro atoms. The van der Waals surface area contributed by atoms with Crippen LogP contribution in [0, 0.1) is 5.92 Å². The molecule has 0 aliphatic carbocycles. The van der Waals surface area contributed by atoms with Crippen LogP contribution in [-0.2, 0) is 4.79 Å². The van der Waals surface area contributed by atoms with Gasteiger partial charge in [0.1, 0.15) is 5.69 Å². The van der Waals surface area contributed by atoms with Crippen molar-refractivity contribution in [2.45, 2.75) is 33.6 Å². The molecule has 1 aromatic carbocycles. The average Bonchev–Trinajstić information content (AvgIpc) is 3.20. The second-order valence-corrected chi connectivity index (χ2v) is 9.73. The van der Waals surface area contributed by atoms with Crippen LogP contribution in [0.2, 0.25) is 10.0 Å². The van der Waals surface area contributed by atoms with Gasteiger partial charge < -0.3 is 14.9 Å². The summed E-state index contributed by atoms with van der Waals surface area (Å²) in [5, 5.41) is 20.2. The molecule has 178 valence electrons. The van der Waals surface area contributed by atoms with Crippen molar-refractivity contribution >= 4 is 69.7 Å². The maximum absolute atomic E-state index is 12.7. The van der Waals surface area contributed by atoms with Crippen LogP contribution in [0.5, 0.6) is 5.75 Å². The van der Waals surface area contributed by atoms with Crippen molar-refractivity contribution in [2.24, 2.45) is 11.0 Å². The lowest BCUT2D eigenvalue weighted by atomic mass is 9.95. The molecule has 10 heteroatoms. The van der Waals surface area contributed by atoms with Crippen molar-refractivity contribution in [1.29, 1.82) is 0 Å². The Labute approximate surface area is 214 Å². The van der Waals surface area contributed by atoms with Gasteiger partial charge in [-0.3, -0.25) is 4.79 Å². The highest BCUT2D eigenvalue weighted by atomic mass is 35.5. The number of halogens is 2. The van der Waals surface area contributed by atoms with Crippen LogP contribution < -0.4 is 5.01 Å². The summed E-state index contributed by atoms with van der Waals surface area (Å²) in [7, 11) is 0. The van der Waals surface area contributed by atoms with Gasteiger partial charge in [0.05, 0.1) is 14.9 Å². The normalized spacial score (nSPS) is 14.6. The largest absolute Gasteiger partial charge is 0.504 e. The predicted octanol–water partition coefficient (Wildman–Crippen LogP) is 6.10. The molecule has 0 bridgehead atoms. The van der Waals surface area contributed by atoms with Gasteiger partial charge in [-0.1, -0.05) is 29.3 Å². The van der Waals surface area contributed by atoms with Crippen molar-refractivity contribution in [3.63, 3.8) is 0 Å². The lowest BCUT2D eigenvalue weighted by molar-refractivity contribution is -0.136. The standard InChI is InChI=1S/C23H28Cl2N4O2S2/c1-4-26-29(19-14-33-21(20(19)30)16-7-8-17(24)18(25)13-16)23(32)28-11-9-15(10-12-28)22(31)27(5-2)6-3/h4,7-8,13-15,30H,5-6,9-12H2,1-3H3. The van der Waals surface area contributed by atoms with Gasteiger partial charge in [0.2, 0.25) is 5.91 Å². The fourth-order valence-corrected chi connectivity index (χ4v) is 5.46. The van der Waals surface area contributed by atoms with E-state index in [1.54, 1.807) is 30.3 Å². The number of hydrogen-bond donors (Lipinski definition) is 1. The van der Waals surface area contributed by atoms with Crippen LogP contribution in [-0.4, -0.2) is 58.3 Å². The van der Waals surface area contributed by atoms with Gasteiger partial charge in [0, 0.05) is 43.7 Å². The number of hydrazone groups is 1. The average molecular weight is 528 g/mol. The third-order valence-electron chi connectivity index (χ3n) is 5.76. The molecular weight excluding hydrogens is 499 g/mol. The summed E-state index contributed by atoms with van der Waals surface area (Å²) in [6, 6.07) is 5.24. The number of amides is 1. The lowest BCUT2D eigenvalue weighted by Crippen LogP contribution is -2.47. The molecule has 0 radical (unpaired) electrons. The Balaban J connectivity index is 1.77. The smallest absolute Gasteiger partial charge is 0.225 e. The highest BCUT2D eigenvalue weighted by Gasteiger charge is 2.31. The highest BCUT2D eigenvalue weighted by molar-refractivity contribution is 7.80. The summed E-state index contributed by atoms with van der Waals surface area (Å²) in [5.41, 5.74) is 1.27. The third-order valence-corrected chi connectivity index (χ3v) is 7.93. The number of carbonyl (C=O) groups is 1. The van der Waals surface area contributed by atoms with Crippen molar-refractivity contribution in [3.05, 3.63) is 33.6 Å². The van der Waals surface area contributed by atoms with E-state index in [1.807, 2.05) is 35.1 Å². The first-order valence-electron chi connectivity index (χ1n) is 10.9. The minimum atomic E-state index is 0.0166. The van der Waals surface area contributed by atoms with Gasteiger partial charge in [0.25, 0.3) is 0 Å². The molecule has 3 rings (SSSR count). The van der Waals surface area contributed by atoms with E-state index < -0.39 is 0 Å². The topological polar surface area (TPSA) is 59.4 Å². The van der Waals surface area contributed by atoms with Gasteiger partial charge in [-0.05, 0) is 63.5 Å². The number of aromatic hydroxyl groups is 1. The van der Waals surface area contributed by atoms with E-state index in [4.69, 9.17) is 35.4 Å². The molecule has 33 heavy (non-hydrogen) atoms. The van der Waals surface area contributed by atoms with Crippen LogP contribution in [0.25, 0.3) is 10.4 Å². The van der Waals surface area contributed by atoms with E-state index in [-0.39, 0.29) is 17.6 Å². The number of anilines is 1. The van der Waals surface area contributed by atoms with E-state index >= 15 is 0 Å². The van der Waals surface area contributed by atoms with E-state index in [0.717, 1.165) is 31.5 Å². The van der Waals surface area contributed by atoms with Crippen LogP contribution >= 0.6 is 46.8 Å². The molecular formula is C23H28Cl2N4O2S2. The number of nitrogens with zero attached hydrogens (tertiary/aromatic N) is 4. The second-order valence-electron chi connectivity index (χ2n) is 7.67. The number of benzene rings is 1. The Hall–Kier alpha value is -1.87. The third kappa shape index (κ3) is 5.62. The SMILES string of the molecule is CC=NN(C(=S)N1CCC(C(=O)N(CC)CC)CC1)c1csc(-c2ccc(Cl)c(Cl)c2)c1O. The summed E-state index contributed by atoms with van der Waals surface area (Å²) in [6.45, 7) is 8.59. The summed E-state index contributed by atoms with van der Waals surface area (Å²) < 4.78 is 0. The van der Waals surface area contributed by atoms with Gasteiger partial charge in [-0.25, -0.2) is 5.01 Å². The second kappa shape index (κ2) is 11.5. The Kier molecular flexibility index (Phi) is 8.98. The van der Waals surface area contributed by atoms with Gasteiger partial charge in [-0.15, -0.1) is 11.3 Å². The summed E-state index contributed by atoms with van der Waals surface area (Å²) in [4.78, 5) is 17.3. The number of piperidine rings is 1. The first-order chi connectivity index (χ1) is 15.8. The molecule has 1 amide bonds. The maximum Gasteiger partial charge on any atom is 0.225 e. The molecule has 1 aliphatic heterocycles. The zero-order valence-corrected chi connectivity index (χ0v) is 22.1. The molecule has 1 aliphatic rings. The number of hydrogen-bond acceptors (Lipinski definition) is 5. The summed E-state index contributed by atoms with van der Waals surface area (Å²) >= 11 is 19.3. The van der Waals surface area contributed by atoms with Gasteiger partial charge in [-0.2, -0.15) is 5.10 Å². The molecule has 1 aromatic heterocycles. The Morgan fingerprint density at radius 2 is 1.94 bits per heavy atom. The summed E-state index contributed by atoms with van der Waals surface area (Å²) in [5.74, 6) is 0.316. The number of thiocarbonyl (C=S) groups is 1. The molecule has 6 nitrogen and oxygen atoms in total. The molecule has 1 N–H and O–H groups in total. The minimum Gasteiger partial charge on any atom is -0.504 e. The van der Waals surface area contributed by atoms with E-state index in [9.17, 15) is 9.90 Å². The number of carbonyl (C=O) groups excluding carboxylic acids is 1. The molecule has 2 heterocycles. The van der Waals surface area contributed by atoms with Crippen molar-refractivity contribution in [2.75, 3.05) is 31.2 Å². The number of thiophene rings is 1. The Bertz CT molecular complexity index is 1030. The molecule has 0 atom stereocenters. The first-order valence-corrected chi connectivity index (χ1v) is 13.0. The molecule has 0 saturated carbocycles. The first kappa shape index (κ1) is 25.7. The maximum atomic E-state index is 12.7. The molecule has 2 aromatic rings. The predicted molar refractivity (Wildman–Crippen MR) is 143 cm³/mol. The van der Waals surface area contributed by atoms with Gasteiger partial charge >= 0.3 is 0 Å². The lowest BCUT2D eigenvalue weighted by Gasteiger charge is -2.37. The van der Waals surface area contributed by atoms with E-state index in [1.165, 1.54) is 11.3 Å². The Morgan fingerprint density at radius 1 is 1.27 bits per heavy atom. The van der Waals surface area contributed by atoms with Crippen LogP contribution in [0.3, 0.4) is 0 Å². The zero-order chi connectivity index (χ0) is 24.1. The van der Waals surface area contributed by atoms with Crippen LogP contribution in [0.15, 0.2) is 28.7 Å². The number of rotatable bonds is 6. The van der Waals surface area contributed by atoms with Crippen molar-refractivity contribution in [1.82, 2.24) is 9.80 Å². The van der Waals surface area contributed by atoms with E-state index in [2.05, 4.69) is 5.10 Å². The minimum absolute atomic E-state index is 0.0166. The summed E-state index contributed by atoms with van der Waals surface area (Å²) in [6.07, 6.45) is 3.12. The molecule has 1 saturated heterocycles. The van der Waals surface area contributed by atoms with Crippen molar-refractivity contribution < 1.29 is 9.90 Å². The van der Waals surface area contributed by atoms with Crippen molar-refractivity contribution in [3.8, 4) is 16.2 Å². The fourth-order valence-electron chi connectivity index (χ4n) is 3.91. The van der Waals surface area contributed by atoms with Gasteiger partial charge in [0.15, 0.2) is 10.9 Å². The quantitative estimate of drug-likeness (QED) is 0.279. The van der Waals surface area contributed by atoms with Crippen LogP contribution in [0.1, 0.15) is 33.6 Å². The van der Waals surface area contributed by atoms with E-state index in [0.29, 0.717) is 38.8 Å². The monoisotopic (exact) mass is 526 g/mol. The molecule has 1 fully saturated rings. The fraction of sp³-hybridized carbons (Fsp3) is 0.435. The zero-order valence-electron chi connectivity index (χ0n) is 18.9. The highest BCUT2D eigenvalue weighted by Crippen LogP contribution is 2.45. The van der Waals surface area contributed by atoms with Crippen LogP contribution in [0.4, 0.5) is 5.69 Å². The number of likely N-dealkylation sites (tertiary alicyclic amines) is 1.